The van der Waals surface area contributed by atoms with Gasteiger partial charge in [0.2, 0.25) is 0 Å². The van der Waals surface area contributed by atoms with Crippen LogP contribution in [0.5, 0.6) is 0 Å². The van der Waals surface area contributed by atoms with E-state index in [0.29, 0.717) is 39.0 Å². The number of hydrogen-bond donors (Lipinski definition) is 0. The maximum Gasteiger partial charge on any atom is 0.420 e. The Morgan fingerprint density at radius 2 is 0.467 bits per heavy atom. The van der Waals surface area contributed by atoms with E-state index in [9.17, 15) is 0 Å². The number of halogens is 3. The highest BCUT2D eigenvalue weighted by molar-refractivity contribution is 6.17. The van der Waals surface area contributed by atoms with Crippen molar-refractivity contribution in [2.24, 2.45) is 0 Å². The molecule has 0 amide bonds. The molecule has 17 aromatic rings. The molecular weight excluding hydrogens is 1120 g/mol. The molecule has 0 spiro atoms. The maximum absolute atomic E-state index is 18.9. The van der Waals surface area contributed by atoms with Crippen LogP contribution in [0.2, 0.25) is 0 Å². The lowest BCUT2D eigenvalue weighted by Gasteiger charge is -2.35. The number of aromatic nitrogens is 8. The van der Waals surface area contributed by atoms with Crippen LogP contribution in [0.1, 0.15) is 31.9 Å². The first kappa shape index (κ1) is 52.9. The molecular formula is C79H53F3N8. The Morgan fingerprint density at radius 3 is 0.700 bits per heavy atom. The summed E-state index contributed by atoms with van der Waals surface area (Å²) in [6.45, 7) is 6.46. The minimum Gasteiger partial charge on any atom is -0.307 e. The summed E-state index contributed by atoms with van der Waals surface area (Å²) in [5.74, 6) is 0. The summed E-state index contributed by atoms with van der Waals surface area (Å²) in [4.78, 5) is 17.4. The number of pyridine rings is 4. The lowest BCUT2D eigenvalue weighted by atomic mass is 9.81. The monoisotopic (exact) mass is 1170 g/mol. The van der Waals surface area contributed by atoms with Crippen LogP contribution in [0.25, 0.3) is 154 Å². The van der Waals surface area contributed by atoms with E-state index in [1.165, 1.54) is 0 Å². The van der Waals surface area contributed by atoms with Crippen molar-refractivity contribution in [3.8, 4) is 67.3 Å². The van der Waals surface area contributed by atoms with Crippen LogP contribution in [0, 0.1) is 0 Å². The molecule has 0 atom stereocenters. The van der Waals surface area contributed by atoms with Gasteiger partial charge in [-0.25, -0.2) is 0 Å². The van der Waals surface area contributed by atoms with Crippen molar-refractivity contribution in [3.63, 3.8) is 0 Å². The van der Waals surface area contributed by atoms with Crippen LogP contribution in [0.3, 0.4) is 0 Å². The first-order chi connectivity index (χ1) is 44.0. The van der Waals surface area contributed by atoms with E-state index in [-0.39, 0.29) is 11.4 Å². The molecule has 0 radical (unpaired) electrons. The molecule has 90 heavy (non-hydrogen) atoms. The maximum atomic E-state index is 18.9. The molecule has 0 aliphatic carbocycles. The third-order valence-corrected chi connectivity index (χ3v) is 18.1. The van der Waals surface area contributed by atoms with Gasteiger partial charge in [0.05, 0.1) is 66.9 Å². The van der Waals surface area contributed by atoms with Gasteiger partial charge in [0.25, 0.3) is 0 Å². The summed E-state index contributed by atoms with van der Waals surface area (Å²) in [5.41, 5.74) is 12.8. The molecule has 0 aliphatic rings. The van der Waals surface area contributed by atoms with Crippen LogP contribution in [0.4, 0.5) is 13.2 Å². The van der Waals surface area contributed by atoms with Gasteiger partial charge in [-0.1, -0.05) is 118 Å². The Bertz CT molecular complexity index is 5100. The molecule has 0 fully saturated rings. The van der Waals surface area contributed by atoms with Gasteiger partial charge in [0, 0.05) is 98.2 Å². The smallest absolute Gasteiger partial charge is 0.307 e. The number of benzene rings is 9. The van der Waals surface area contributed by atoms with E-state index in [1.807, 2.05) is 155 Å². The highest BCUT2D eigenvalue weighted by atomic mass is 19.4. The quantitative estimate of drug-likeness (QED) is 0.152. The van der Waals surface area contributed by atoms with E-state index in [1.54, 1.807) is 49.6 Å². The van der Waals surface area contributed by atoms with Gasteiger partial charge >= 0.3 is 6.18 Å². The van der Waals surface area contributed by atoms with Crippen LogP contribution in [0.15, 0.2) is 268 Å². The summed E-state index contributed by atoms with van der Waals surface area (Å²) in [6, 6.07) is 72.9. The third kappa shape index (κ3) is 8.08. The van der Waals surface area contributed by atoms with Crippen LogP contribution in [-0.2, 0) is 11.6 Å². The van der Waals surface area contributed by atoms with Crippen LogP contribution < -0.4 is 0 Å². The van der Waals surface area contributed by atoms with Crippen molar-refractivity contribution in [2.45, 2.75) is 32.4 Å². The number of fused-ring (bicyclic) bond motifs is 12. The van der Waals surface area contributed by atoms with Crippen molar-refractivity contribution < 1.29 is 13.2 Å². The fourth-order valence-electron chi connectivity index (χ4n) is 14.3. The second-order valence-corrected chi connectivity index (χ2v) is 24.2. The number of para-hydroxylation sites is 4. The Balaban J connectivity index is 1.17. The van der Waals surface area contributed by atoms with Gasteiger partial charge in [-0.3, -0.25) is 19.9 Å². The Hall–Kier alpha value is -11.4. The Morgan fingerprint density at radius 1 is 0.244 bits per heavy atom. The van der Waals surface area contributed by atoms with Gasteiger partial charge in [-0.15, -0.1) is 0 Å². The number of rotatable bonds is 8. The van der Waals surface area contributed by atoms with E-state index in [0.717, 1.165) is 110 Å². The molecule has 11 heteroatoms. The zero-order valence-electron chi connectivity index (χ0n) is 49.1. The van der Waals surface area contributed by atoms with E-state index in [2.05, 4.69) is 123 Å². The van der Waals surface area contributed by atoms with Crippen molar-refractivity contribution in [1.82, 2.24) is 38.2 Å². The van der Waals surface area contributed by atoms with E-state index >= 15 is 13.2 Å². The molecule has 8 heterocycles. The lowest BCUT2D eigenvalue weighted by molar-refractivity contribution is -0.137. The third-order valence-electron chi connectivity index (χ3n) is 18.1. The predicted molar refractivity (Wildman–Crippen MR) is 360 cm³/mol. The van der Waals surface area contributed by atoms with Crippen molar-refractivity contribution in [3.05, 3.63) is 279 Å². The van der Waals surface area contributed by atoms with Gasteiger partial charge in [-0.2, -0.15) is 13.2 Å². The minimum absolute atomic E-state index is 0.00127. The SMILES string of the molecule is CC(C)(C)c1c(-n2c3ccc(-c4ccncc4)cc3c3cc(-c4ccncc4)ccc32)c(-n2c3ccccc3c3ccccc32)c(C(F)(F)F)c(-n2c3ccccc3c3ccccc32)c1-n1c2ccc(-c3ccncc3)cc2c2cc(-c3ccncc3)ccc21. The minimum atomic E-state index is -5.05. The Kier molecular flexibility index (Phi) is 11.8. The molecule has 9 aromatic carbocycles. The molecule has 0 N–H and O–H groups in total. The lowest BCUT2D eigenvalue weighted by Crippen LogP contribution is -2.27. The molecule has 17 rings (SSSR count). The molecule has 8 nitrogen and oxygen atoms in total. The van der Waals surface area contributed by atoms with Gasteiger partial charge in [-0.05, 0) is 171 Å². The van der Waals surface area contributed by atoms with Crippen LogP contribution >= 0.6 is 0 Å². The average Bonchev–Trinajstić information content (AvgIpc) is 1.37. The van der Waals surface area contributed by atoms with Gasteiger partial charge in [0.15, 0.2) is 0 Å². The highest BCUT2D eigenvalue weighted by Crippen LogP contribution is 2.55. The number of alkyl halides is 3. The summed E-state index contributed by atoms with van der Waals surface area (Å²) >= 11 is 0. The molecule has 0 aliphatic heterocycles. The second-order valence-electron chi connectivity index (χ2n) is 24.2. The summed E-state index contributed by atoms with van der Waals surface area (Å²) in [5, 5.41) is 6.79. The standard InChI is InChI=1S/C79H53F3N8/c1-78(2,3)72-74(89-68-24-20-52(48-28-36-83-37-29-48)44-60(68)61-45-53(21-25-69(61)89)49-30-38-84-39-31-49)76(87-64-16-8-4-12-56(64)57-13-5-9-17-65(57)87)73(79(80,81)82)77(88-66-18-10-6-14-58(66)59-15-7-11-19-67(59)88)75(72)90-70-26-22-54(50-32-40-85-41-33-50)46-62(70)63-47-55(23-27-71(63)90)51-34-42-86-43-35-51/h4-47H,1-3H3. The molecule has 430 valence electrons. The van der Waals surface area contributed by atoms with Crippen LogP contribution in [-0.4, -0.2) is 38.2 Å². The summed E-state index contributed by atoms with van der Waals surface area (Å²) in [6.07, 6.45) is 9.22. The van der Waals surface area contributed by atoms with Gasteiger partial charge in [0.1, 0.15) is 5.56 Å². The molecule has 0 bridgehead atoms. The molecule has 0 saturated heterocycles. The van der Waals surface area contributed by atoms with Gasteiger partial charge < -0.3 is 18.3 Å². The fourth-order valence-corrected chi connectivity index (χ4v) is 14.3. The Labute approximate surface area is 514 Å². The van der Waals surface area contributed by atoms with Crippen molar-refractivity contribution >= 4 is 87.2 Å². The molecule has 0 saturated carbocycles. The topological polar surface area (TPSA) is 71.3 Å². The zero-order valence-corrected chi connectivity index (χ0v) is 49.1. The predicted octanol–water partition coefficient (Wildman–Crippen LogP) is 20.6. The summed E-state index contributed by atoms with van der Waals surface area (Å²) in [7, 11) is 0. The highest BCUT2D eigenvalue weighted by Gasteiger charge is 2.46. The number of hydrogen-bond acceptors (Lipinski definition) is 4. The average molecular weight is 1170 g/mol. The molecule has 0 unspecified atom stereocenters. The largest absolute Gasteiger partial charge is 0.420 e. The van der Waals surface area contributed by atoms with Crippen molar-refractivity contribution in [1.29, 1.82) is 0 Å². The molecule has 8 aromatic heterocycles. The normalized spacial score (nSPS) is 12.3. The fraction of sp³-hybridized carbons (Fsp3) is 0.0633. The second kappa shape index (κ2) is 20.1. The first-order valence-electron chi connectivity index (χ1n) is 30.1. The van der Waals surface area contributed by atoms with E-state index in [4.69, 9.17) is 0 Å². The summed E-state index contributed by atoms with van der Waals surface area (Å²) < 4.78 is 64.9. The number of nitrogens with zero attached hydrogens (tertiary/aromatic N) is 8. The zero-order chi connectivity index (χ0) is 60.6. The first-order valence-corrected chi connectivity index (χ1v) is 30.1. The van der Waals surface area contributed by atoms with Crippen molar-refractivity contribution in [2.75, 3.05) is 0 Å². The van der Waals surface area contributed by atoms with E-state index < -0.39 is 17.2 Å².